The van der Waals surface area contributed by atoms with Crippen LogP contribution in [-0.2, 0) is 0 Å². The fourth-order valence-electron chi connectivity index (χ4n) is 2.86. The van der Waals surface area contributed by atoms with Gasteiger partial charge in [-0.1, -0.05) is 42.5 Å². The summed E-state index contributed by atoms with van der Waals surface area (Å²) in [4.78, 5) is 21.6. The Balaban J connectivity index is 1.75. The van der Waals surface area contributed by atoms with E-state index in [-0.39, 0.29) is 28.8 Å². The summed E-state index contributed by atoms with van der Waals surface area (Å²) in [6.45, 7) is 0. The molecule has 30 heavy (non-hydrogen) atoms. The standard InChI is InChI=1S/C23H17NO6/c1-27-17-13-11-16(12-14-17)22-24-20(21(29-22)15-7-3-2-4-8-15)23(25)28-18-9-5-6-10-19(18)30-26/h2-14,26H,1H3. The van der Waals surface area contributed by atoms with E-state index >= 15 is 0 Å². The molecule has 3 aromatic carbocycles. The zero-order valence-electron chi connectivity index (χ0n) is 15.9. The molecular formula is C23H17NO6. The van der Waals surface area contributed by atoms with Crippen molar-refractivity contribution in [3.05, 3.63) is 84.6 Å². The normalized spacial score (nSPS) is 10.5. The lowest BCUT2D eigenvalue weighted by molar-refractivity contribution is -0.138. The van der Waals surface area contributed by atoms with Crippen molar-refractivity contribution >= 4 is 5.97 Å². The van der Waals surface area contributed by atoms with Crippen LogP contribution in [0.5, 0.6) is 17.2 Å². The minimum Gasteiger partial charge on any atom is -0.497 e. The Labute approximate surface area is 172 Å². The fourth-order valence-corrected chi connectivity index (χ4v) is 2.86. The van der Waals surface area contributed by atoms with E-state index in [0.717, 1.165) is 0 Å². The first-order valence-electron chi connectivity index (χ1n) is 9.03. The molecule has 0 aliphatic carbocycles. The van der Waals surface area contributed by atoms with E-state index in [2.05, 4.69) is 9.87 Å². The fraction of sp³-hybridized carbons (Fsp3) is 0.0435. The van der Waals surface area contributed by atoms with Gasteiger partial charge in [0.2, 0.25) is 11.6 Å². The number of esters is 1. The third-order valence-electron chi connectivity index (χ3n) is 4.34. The third kappa shape index (κ3) is 3.87. The second-order valence-corrected chi connectivity index (χ2v) is 6.22. The minimum absolute atomic E-state index is 0.000221. The van der Waals surface area contributed by atoms with Crippen LogP contribution in [0.1, 0.15) is 10.5 Å². The summed E-state index contributed by atoms with van der Waals surface area (Å²) in [7, 11) is 1.58. The molecule has 0 amide bonds. The Kier molecular flexibility index (Phi) is 5.45. The van der Waals surface area contributed by atoms with Crippen molar-refractivity contribution in [1.82, 2.24) is 4.98 Å². The van der Waals surface area contributed by atoms with Crippen LogP contribution in [0.25, 0.3) is 22.8 Å². The maximum atomic E-state index is 12.9. The average Bonchev–Trinajstić information content (AvgIpc) is 3.26. The van der Waals surface area contributed by atoms with Gasteiger partial charge in [-0.05, 0) is 36.4 Å². The van der Waals surface area contributed by atoms with Crippen LogP contribution >= 0.6 is 0 Å². The predicted molar refractivity (Wildman–Crippen MR) is 109 cm³/mol. The Bertz CT molecular complexity index is 1150. The van der Waals surface area contributed by atoms with Gasteiger partial charge in [0.25, 0.3) is 0 Å². The molecule has 0 spiro atoms. The summed E-state index contributed by atoms with van der Waals surface area (Å²) < 4.78 is 16.5. The van der Waals surface area contributed by atoms with Crippen molar-refractivity contribution in [2.24, 2.45) is 0 Å². The maximum Gasteiger partial charge on any atom is 0.366 e. The summed E-state index contributed by atoms with van der Waals surface area (Å²) >= 11 is 0. The number of para-hydroxylation sites is 2. The molecule has 1 N–H and O–H groups in total. The van der Waals surface area contributed by atoms with Crippen molar-refractivity contribution in [1.29, 1.82) is 0 Å². The van der Waals surface area contributed by atoms with E-state index in [9.17, 15) is 4.79 Å². The summed E-state index contributed by atoms with van der Waals surface area (Å²) in [6.07, 6.45) is 0. The zero-order chi connectivity index (χ0) is 20.9. The number of hydrogen-bond donors (Lipinski definition) is 1. The lowest BCUT2D eigenvalue weighted by Gasteiger charge is -2.06. The largest absolute Gasteiger partial charge is 0.497 e. The van der Waals surface area contributed by atoms with Crippen LogP contribution in [0.3, 0.4) is 0 Å². The van der Waals surface area contributed by atoms with Crippen molar-refractivity contribution in [2.45, 2.75) is 0 Å². The highest BCUT2D eigenvalue weighted by atomic mass is 17.1. The van der Waals surface area contributed by atoms with E-state index in [1.165, 1.54) is 12.1 Å². The first kappa shape index (κ1) is 19.2. The molecule has 0 aliphatic rings. The van der Waals surface area contributed by atoms with Crippen LogP contribution < -0.4 is 14.4 Å². The lowest BCUT2D eigenvalue weighted by atomic mass is 10.1. The molecule has 1 heterocycles. The van der Waals surface area contributed by atoms with E-state index in [4.69, 9.17) is 19.1 Å². The molecule has 0 saturated carbocycles. The Hall–Kier alpha value is -4.10. The number of carbonyl (C=O) groups excluding carboxylic acids is 1. The minimum atomic E-state index is -0.748. The van der Waals surface area contributed by atoms with Gasteiger partial charge in [-0.15, -0.1) is 0 Å². The topological polar surface area (TPSA) is 91.0 Å². The van der Waals surface area contributed by atoms with Gasteiger partial charge in [-0.2, -0.15) is 0 Å². The quantitative estimate of drug-likeness (QED) is 0.208. The predicted octanol–water partition coefficient (Wildman–Crippen LogP) is 5.09. The Morgan fingerprint density at radius 2 is 1.53 bits per heavy atom. The van der Waals surface area contributed by atoms with Gasteiger partial charge in [0.1, 0.15) is 5.75 Å². The molecule has 0 bridgehead atoms. The molecule has 0 fully saturated rings. The first-order valence-corrected chi connectivity index (χ1v) is 9.03. The van der Waals surface area contributed by atoms with Gasteiger partial charge in [0.05, 0.1) is 7.11 Å². The molecule has 1 aromatic heterocycles. The van der Waals surface area contributed by atoms with E-state index in [0.29, 0.717) is 16.9 Å². The van der Waals surface area contributed by atoms with Gasteiger partial charge < -0.3 is 18.8 Å². The van der Waals surface area contributed by atoms with Crippen molar-refractivity contribution in [3.8, 4) is 40.0 Å². The second-order valence-electron chi connectivity index (χ2n) is 6.22. The number of ether oxygens (including phenoxy) is 2. The molecule has 0 aliphatic heterocycles. The summed E-state index contributed by atoms with van der Waals surface area (Å²) in [5, 5.41) is 8.99. The number of carbonyl (C=O) groups is 1. The van der Waals surface area contributed by atoms with E-state index in [1.807, 2.05) is 18.2 Å². The number of nitrogens with zero attached hydrogens (tertiary/aromatic N) is 1. The number of hydrogen-bond acceptors (Lipinski definition) is 7. The van der Waals surface area contributed by atoms with Gasteiger partial charge >= 0.3 is 5.97 Å². The molecule has 4 rings (SSSR count). The maximum absolute atomic E-state index is 12.9. The Morgan fingerprint density at radius 1 is 0.867 bits per heavy atom. The molecule has 0 unspecified atom stereocenters. The highest BCUT2D eigenvalue weighted by Crippen LogP contribution is 2.32. The molecule has 0 radical (unpaired) electrons. The van der Waals surface area contributed by atoms with Crippen LogP contribution in [0.15, 0.2) is 83.3 Å². The summed E-state index contributed by atoms with van der Waals surface area (Å²) in [5.74, 6) is 0.531. The van der Waals surface area contributed by atoms with Crippen molar-refractivity contribution < 1.29 is 28.8 Å². The molecule has 4 aromatic rings. The number of aromatic nitrogens is 1. The molecular weight excluding hydrogens is 386 g/mol. The SMILES string of the molecule is COc1ccc(-c2nc(C(=O)Oc3ccccc3OO)c(-c3ccccc3)o2)cc1. The second kappa shape index (κ2) is 8.50. The number of oxazole rings is 1. The Morgan fingerprint density at radius 3 is 2.20 bits per heavy atom. The monoisotopic (exact) mass is 403 g/mol. The number of benzene rings is 3. The van der Waals surface area contributed by atoms with Gasteiger partial charge in [0, 0.05) is 11.1 Å². The van der Waals surface area contributed by atoms with Crippen LogP contribution in [-0.4, -0.2) is 23.3 Å². The first-order chi connectivity index (χ1) is 14.7. The highest BCUT2D eigenvalue weighted by molar-refractivity contribution is 5.96. The highest BCUT2D eigenvalue weighted by Gasteiger charge is 2.25. The van der Waals surface area contributed by atoms with Crippen LogP contribution in [0.2, 0.25) is 0 Å². The molecule has 0 atom stereocenters. The van der Waals surface area contributed by atoms with E-state index in [1.54, 1.807) is 55.6 Å². The van der Waals surface area contributed by atoms with Gasteiger partial charge in [0.15, 0.2) is 17.2 Å². The lowest BCUT2D eigenvalue weighted by Crippen LogP contribution is -2.11. The van der Waals surface area contributed by atoms with Gasteiger partial charge in [-0.3, -0.25) is 0 Å². The smallest absolute Gasteiger partial charge is 0.366 e. The van der Waals surface area contributed by atoms with Gasteiger partial charge in [-0.25, -0.2) is 15.0 Å². The third-order valence-corrected chi connectivity index (χ3v) is 4.34. The van der Waals surface area contributed by atoms with Crippen LogP contribution in [0.4, 0.5) is 0 Å². The molecule has 7 nitrogen and oxygen atoms in total. The summed E-state index contributed by atoms with van der Waals surface area (Å²) in [6, 6.07) is 22.5. The average molecular weight is 403 g/mol. The van der Waals surface area contributed by atoms with Crippen molar-refractivity contribution in [3.63, 3.8) is 0 Å². The number of rotatable bonds is 6. The van der Waals surface area contributed by atoms with E-state index < -0.39 is 5.97 Å². The zero-order valence-corrected chi connectivity index (χ0v) is 15.9. The molecule has 150 valence electrons. The summed E-state index contributed by atoms with van der Waals surface area (Å²) in [5.41, 5.74) is 1.34. The molecule has 0 saturated heterocycles. The van der Waals surface area contributed by atoms with Crippen LogP contribution in [0, 0.1) is 0 Å². The number of methoxy groups -OCH3 is 1. The van der Waals surface area contributed by atoms with Crippen molar-refractivity contribution in [2.75, 3.05) is 7.11 Å². The molecule has 7 heteroatoms.